The first kappa shape index (κ1) is 16.4. The van der Waals surface area contributed by atoms with E-state index in [4.69, 9.17) is 0 Å². The second-order valence-corrected chi connectivity index (χ2v) is 7.38. The van der Waals surface area contributed by atoms with Gasteiger partial charge in [-0.3, -0.25) is 0 Å². The minimum Gasteiger partial charge on any atom is -0.313 e. The van der Waals surface area contributed by atoms with Gasteiger partial charge in [0.25, 0.3) is 0 Å². The van der Waals surface area contributed by atoms with Crippen LogP contribution in [0.4, 0.5) is 4.39 Å². The van der Waals surface area contributed by atoms with E-state index < -0.39 is 15.8 Å². The van der Waals surface area contributed by atoms with Crippen molar-refractivity contribution < 1.29 is 12.8 Å². The fraction of sp³-hybridized carbons (Fsp3) is 0.600. The lowest BCUT2D eigenvalue weighted by Gasteiger charge is -2.17. The van der Waals surface area contributed by atoms with Crippen molar-refractivity contribution in [3.63, 3.8) is 0 Å². The number of nitrogens with zero attached hydrogens (tertiary/aromatic N) is 1. The van der Waals surface area contributed by atoms with Gasteiger partial charge in [0.2, 0.25) is 10.0 Å². The van der Waals surface area contributed by atoms with Crippen molar-refractivity contribution >= 4 is 10.0 Å². The zero-order valence-electron chi connectivity index (χ0n) is 12.6. The summed E-state index contributed by atoms with van der Waals surface area (Å²) < 4.78 is 40.6. The maximum Gasteiger partial charge on any atom is 0.245 e. The van der Waals surface area contributed by atoms with Crippen LogP contribution in [-0.4, -0.2) is 32.4 Å². The Bertz CT molecular complexity index is 589. The topological polar surface area (TPSA) is 49.4 Å². The molecule has 1 aliphatic rings. The third kappa shape index (κ3) is 3.62. The molecule has 21 heavy (non-hydrogen) atoms. The first-order chi connectivity index (χ1) is 9.98. The Morgan fingerprint density at radius 2 is 2.14 bits per heavy atom. The molecule has 1 aliphatic heterocycles. The standard InChI is InChI=1S/C15H23FN2O2S/c1-3-12-7-8-18(11-12)21(19,20)15-6-5-13(9-14(15)16)10-17-4-2/h5-6,9,12,17H,3-4,7-8,10-11H2,1-2H3. The van der Waals surface area contributed by atoms with Crippen LogP contribution in [0.1, 0.15) is 32.3 Å². The van der Waals surface area contributed by atoms with Gasteiger partial charge in [-0.25, -0.2) is 12.8 Å². The van der Waals surface area contributed by atoms with E-state index in [0.717, 1.165) is 24.9 Å². The van der Waals surface area contributed by atoms with Crippen molar-refractivity contribution in [3.05, 3.63) is 29.6 Å². The van der Waals surface area contributed by atoms with Crippen LogP contribution in [0.5, 0.6) is 0 Å². The van der Waals surface area contributed by atoms with Gasteiger partial charge in [-0.05, 0) is 36.6 Å². The monoisotopic (exact) mass is 314 g/mol. The van der Waals surface area contributed by atoms with Crippen LogP contribution in [0, 0.1) is 11.7 Å². The summed E-state index contributed by atoms with van der Waals surface area (Å²) in [7, 11) is -3.71. The van der Waals surface area contributed by atoms with Gasteiger partial charge in [0.05, 0.1) is 0 Å². The minimum absolute atomic E-state index is 0.209. The molecule has 0 aliphatic carbocycles. The van der Waals surface area contributed by atoms with Crippen molar-refractivity contribution in [2.75, 3.05) is 19.6 Å². The van der Waals surface area contributed by atoms with E-state index in [1.165, 1.54) is 16.4 Å². The Labute approximate surface area is 126 Å². The van der Waals surface area contributed by atoms with Gasteiger partial charge in [0.1, 0.15) is 10.7 Å². The van der Waals surface area contributed by atoms with Gasteiger partial charge in [-0.2, -0.15) is 4.31 Å². The molecule has 6 heteroatoms. The van der Waals surface area contributed by atoms with Crippen LogP contribution in [-0.2, 0) is 16.6 Å². The molecule has 0 aromatic heterocycles. The van der Waals surface area contributed by atoms with Gasteiger partial charge in [-0.1, -0.05) is 26.3 Å². The molecule has 1 aromatic rings. The zero-order valence-corrected chi connectivity index (χ0v) is 13.4. The number of hydrogen-bond donors (Lipinski definition) is 1. The molecular weight excluding hydrogens is 291 g/mol. The van der Waals surface area contributed by atoms with E-state index in [1.807, 2.05) is 6.92 Å². The van der Waals surface area contributed by atoms with E-state index in [2.05, 4.69) is 12.2 Å². The van der Waals surface area contributed by atoms with E-state index in [1.54, 1.807) is 6.07 Å². The van der Waals surface area contributed by atoms with Crippen LogP contribution in [0.25, 0.3) is 0 Å². The summed E-state index contributed by atoms with van der Waals surface area (Å²) >= 11 is 0. The number of sulfonamides is 1. The first-order valence-corrected chi connectivity index (χ1v) is 8.92. The highest BCUT2D eigenvalue weighted by atomic mass is 32.2. The fourth-order valence-corrected chi connectivity index (χ4v) is 4.20. The molecule has 0 amide bonds. The van der Waals surface area contributed by atoms with Crippen molar-refractivity contribution in [1.29, 1.82) is 0 Å². The number of halogens is 1. The molecule has 0 spiro atoms. The van der Waals surface area contributed by atoms with Crippen LogP contribution in [0.3, 0.4) is 0 Å². The summed E-state index contributed by atoms with van der Waals surface area (Å²) in [5.41, 5.74) is 0.751. The highest BCUT2D eigenvalue weighted by Gasteiger charge is 2.33. The van der Waals surface area contributed by atoms with Crippen LogP contribution < -0.4 is 5.32 Å². The summed E-state index contributed by atoms with van der Waals surface area (Å²) in [6.07, 6.45) is 1.81. The zero-order chi connectivity index (χ0) is 15.5. The van der Waals surface area contributed by atoms with Gasteiger partial charge >= 0.3 is 0 Å². The molecule has 118 valence electrons. The molecule has 1 heterocycles. The number of nitrogens with one attached hydrogen (secondary N) is 1. The molecule has 1 atom stereocenters. The average Bonchev–Trinajstić information content (AvgIpc) is 2.94. The van der Waals surface area contributed by atoms with Gasteiger partial charge in [-0.15, -0.1) is 0 Å². The Morgan fingerprint density at radius 1 is 1.38 bits per heavy atom. The third-order valence-corrected chi connectivity index (χ3v) is 5.92. The summed E-state index contributed by atoms with van der Waals surface area (Å²) in [4.78, 5) is -0.209. The lowest BCUT2D eigenvalue weighted by Crippen LogP contribution is -2.29. The largest absolute Gasteiger partial charge is 0.313 e. The Morgan fingerprint density at radius 3 is 2.71 bits per heavy atom. The lowest BCUT2D eigenvalue weighted by molar-refractivity contribution is 0.447. The van der Waals surface area contributed by atoms with Crippen LogP contribution in [0.2, 0.25) is 0 Å². The predicted molar refractivity (Wildman–Crippen MR) is 80.9 cm³/mol. The third-order valence-electron chi connectivity index (χ3n) is 4.02. The molecule has 4 nitrogen and oxygen atoms in total. The molecule has 1 N–H and O–H groups in total. The summed E-state index contributed by atoms with van der Waals surface area (Å²) in [6, 6.07) is 4.37. The molecule has 0 bridgehead atoms. The van der Waals surface area contributed by atoms with E-state index in [0.29, 0.717) is 25.6 Å². The quantitative estimate of drug-likeness (QED) is 0.877. The van der Waals surface area contributed by atoms with Crippen molar-refractivity contribution in [1.82, 2.24) is 9.62 Å². The lowest BCUT2D eigenvalue weighted by atomic mass is 10.1. The van der Waals surface area contributed by atoms with Gasteiger partial charge < -0.3 is 5.32 Å². The van der Waals surface area contributed by atoms with Gasteiger partial charge in [0, 0.05) is 19.6 Å². The van der Waals surface area contributed by atoms with Crippen molar-refractivity contribution in [2.45, 2.75) is 38.1 Å². The Kier molecular flexibility index (Phi) is 5.35. The van der Waals surface area contributed by atoms with Crippen LogP contribution >= 0.6 is 0 Å². The second-order valence-electron chi connectivity index (χ2n) is 5.47. The second kappa shape index (κ2) is 6.85. The predicted octanol–water partition coefficient (Wildman–Crippen LogP) is 2.36. The summed E-state index contributed by atoms with van der Waals surface area (Å²) in [6.45, 7) is 6.32. The summed E-state index contributed by atoms with van der Waals surface area (Å²) in [5.74, 6) is -0.277. The number of benzene rings is 1. The molecule has 1 saturated heterocycles. The van der Waals surface area contributed by atoms with E-state index in [9.17, 15) is 12.8 Å². The van der Waals surface area contributed by atoms with Crippen LogP contribution in [0.15, 0.2) is 23.1 Å². The summed E-state index contributed by atoms with van der Waals surface area (Å²) in [5, 5.41) is 3.09. The molecule has 1 fully saturated rings. The first-order valence-electron chi connectivity index (χ1n) is 7.48. The molecule has 0 radical (unpaired) electrons. The number of rotatable bonds is 6. The SMILES string of the molecule is CCNCc1ccc(S(=O)(=O)N2CCC(CC)C2)c(F)c1. The van der Waals surface area contributed by atoms with Crippen molar-refractivity contribution in [3.8, 4) is 0 Å². The van der Waals surface area contributed by atoms with E-state index in [-0.39, 0.29) is 4.90 Å². The van der Waals surface area contributed by atoms with Gasteiger partial charge in [0.15, 0.2) is 0 Å². The minimum atomic E-state index is -3.71. The maximum atomic E-state index is 14.2. The Balaban J connectivity index is 2.20. The normalized spacial score (nSPS) is 20.0. The molecule has 1 aromatic carbocycles. The van der Waals surface area contributed by atoms with Crippen molar-refractivity contribution in [2.24, 2.45) is 5.92 Å². The highest BCUT2D eigenvalue weighted by molar-refractivity contribution is 7.89. The Hall–Kier alpha value is -0.980. The highest BCUT2D eigenvalue weighted by Crippen LogP contribution is 2.27. The smallest absolute Gasteiger partial charge is 0.245 e. The molecule has 1 unspecified atom stereocenters. The van der Waals surface area contributed by atoms with E-state index >= 15 is 0 Å². The molecular formula is C15H23FN2O2S. The average molecular weight is 314 g/mol. The number of hydrogen-bond acceptors (Lipinski definition) is 3. The molecule has 0 saturated carbocycles. The fourth-order valence-electron chi connectivity index (χ4n) is 2.62. The maximum absolute atomic E-state index is 14.2. The molecule has 2 rings (SSSR count).